The Balaban J connectivity index is 3.30. The Bertz CT molecular complexity index is 352. The summed E-state index contributed by atoms with van der Waals surface area (Å²) in [6.07, 6.45) is 0. The zero-order valence-corrected chi connectivity index (χ0v) is 8.39. The third kappa shape index (κ3) is 2.11. The summed E-state index contributed by atoms with van der Waals surface area (Å²) in [5.74, 6) is 0.254. The second kappa shape index (κ2) is 3.94. The van der Waals surface area contributed by atoms with Crippen LogP contribution in [0.3, 0.4) is 0 Å². The number of halogens is 2. The molecule has 0 N–H and O–H groups in total. The summed E-state index contributed by atoms with van der Waals surface area (Å²) >= 11 is 11.3. The monoisotopic (exact) mass is 219 g/mol. The summed E-state index contributed by atoms with van der Waals surface area (Å²) in [4.78, 5) is 9.96. The van der Waals surface area contributed by atoms with Gasteiger partial charge in [0.05, 0.1) is 4.92 Å². The van der Waals surface area contributed by atoms with Crippen molar-refractivity contribution in [2.24, 2.45) is 0 Å². The molecule has 0 aliphatic rings. The first-order chi connectivity index (χ1) is 6.06. The number of nitro benzene ring substituents is 1. The average Bonchev–Trinajstić information content (AvgIpc) is 2.03. The largest absolute Gasteiger partial charge is 0.288 e. The van der Waals surface area contributed by atoms with Gasteiger partial charge in [-0.2, -0.15) is 0 Å². The predicted octanol–water partition coefficient (Wildman–Crippen LogP) is 3.30. The highest BCUT2D eigenvalue weighted by molar-refractivity contribution is 6.32. The molecular formula is C8H7Cl2NO2. The van der Waals surface area contributed by atoms with Crippen LogP contribution in [0, 0.1) is 17.0 Å². The number of nitro groups is 1. The van der Waals surface area contributed by atoms with Crippen LogP contribution in [-0.4, -0.2) is 4.92 Å². The smallest absolute Gasteiger partial charge is 0.258 e. The van der Waals surface area contributed by atoms with E-state index < -0.39 is 4.92 Å². The third-order valence-corrected chi connectivity index (χ3v) is 2.34. The van der Waals surface area contributed by atoms with Gasteiger partial charge in [-0.25, -0.2) is 0 Å². The van der Waals surface area contributed by atoms with Crippen LogP contribution in [-0.2, 0) is 5.88 Å². The van der Waals surface area contributed by atoms with Gasteiger partial charge in [0, 0.05) is 11.9 Å². The number of aryl methyl sites for hydroxylation is 1. The first-order valence-electron chi connectivity index (χ1n) is 3.55. The molecule has 0 saturated heterocycles. The Morgan fingerprint density at radius 2 is 2.15 bits per heavy atom. The lowest BCUT2D eigenvalue weighted by molar-refractivity contribution is -0.384. The number of rotatable bonds is 2. The molecule has 0 spiro atoms. The predicted molar refractivity (Wildman–Crippen MR) is 52.4 cm³/mol. The second-order valence-electron chi connectivity index (χ2n) is 2.62. The van der Waals surface area contributed by atoms with Gasteiger partial charge in [0.2, 0.25) is 0 Å². The first-order valence-corrected chi connectivity index (χ1v) is 4.47. The summed E-state index contributed by atoms with van der Waals surface area (Å²) in [7, 11) is 0. The molecule has 0 atom stereocenters. The van der Waals surface area contributed by atoms with Crippen LogP contribution >= 0.6 is 23.2 Å². The van der Waals surface area contributed by atoms with Gasteiger partial charge in [0.25, 0.3) is 5.69 Å². The van der Waals surface area contributed by atoms with Crippen molar-refractivity contribution in [2.75, 3.05) is 0 Å². The van der Waals surface area contributed by atoms with Gasteiger partial charge in [-0.3, -0.25) is 10.1 Å². The fourth-order valence-electron chi connectivity index (χ4n) is 0.988. The lowest BCUT2D eigenvalue weighted by atomic mass is 10.1. The normalized spacial score (nSPS) is 10.1. The maximum atomic E-state index is 10.5. The Morgan fingerprint density at radius 3 is 2.62 bits per heavy atom. The Morgan fingerprint density at radius 1 is 1.54 bits per heavy atom. The van der Waals surface area contributed by atoms with Crippen LogP contribution in [0.25, 0.3) is 0 Å². The van der Waals surface area contributed by atoms with E-state index >= 15 is 0 Å². The average molecular weight is 220 g/mol. The maximum Gasteiger partial charge on any atom is 0.288 e. The van der Waals surface area contributed by atoms with Crippen LogP contribution in [0.2, 0.25) is 5.02 Å². The quantitative estimate of drug-likeness (QED) is 0.436. The molecule has 0 unspecified atom stereocenters. The molecule has 1 aromatic rings. The lowest BCUT2D eigenvalue weighted by Crippen LogP contribution is -1.93. The molecule has 1 rings (SSSR count). The molecule has 5 heteroatoms. The first kappa shape index (κ1) is 10.3. The minimum absolute atomic E-state index is 0.0945. The van der Waals surface area contributed by atoms with Gasteiger partial charge >= 0.3 is 0 Å². The van der Waals surface area contributed by atoms with Crippen LogP contribution in [0.5, 0.6) is 0 Å². The van der Waals surface area contributed by atoms with E-state index in [9.17, 15) is 10.1 Å². The van der Waals surface area contributed by atoms with Gasteiger partial charge < -0.3 is 0 Å². The fourth-order valence-corrected chi connectivity index (χ4v) is 1.56. The molecule has 1 aromatic carbocycles. The number of nitrogens with zero attached hydrogens (tertiary/aromatic N) is 1. The van der Waals surface area contributed by atoms with Crippen LogP contribution < -0.4 is 0 Å². The van der Waals surface area contributed by atoms with E-state index in [1.54, 1.807) is 6.07 Å². The highest BCUT2D eigenvalue weighted by atomic mass is 35.5. The van der Waals surface area contributed by atoms with Crippen molar-refractivity contribution in [2.45, 2.75) is 12.8 Å². The topological polar surface area (TPSA) is 43.1 Å². The number of hydrogen-bond donors (Lipinski definition) is 0. The molecule has 0 aliphatic heterocycles. The zero-order chi connectivity index (χ0) is 10.0. The summed E-state index contributed by atoms with van der Waals surface area (Å²) < 4.78 is 0. The minimum Gasteiger partial charge on any atom is -0.258 e. The summed E-state index contributed by atoms with van der Waals surface area (Å²) in [5.41, 5.74) is 1.51. The Kier molecular flexibility index (Phi) is 3.12. The molecule has 70 valence electrons. The van der Waals surface area contributed by atoms with Gasteiger partial charge in [0.15, 0.2) is 0 Å². The molecule has 0 heterocycles. The SMILES string of the molecule is Cc1cc(Cl)c([N+](=O)[O-])cc1CCl. The fraction of sp³-hybridized carbons (Fsp3) is 0.250. The second-order valence-corrected chi connectivity index (χ2v) is 3.30. The van der Waals surface area contributed by atoms with Gasteiger partial charge in [0.1, 0.15) is 5.02 Å². The van der Waals surface area contributed by atoms with Crippen molar-refractivity contribution in [3.63, 3.8) is 0 Å². The molecule has 0 radical (unpaired) electrons. The van der Waals surface area contributed by atoms with Gasteiger partial charge in [-0.15, -0.1) is 11.6 Å². The minimum atomic E-state index is -0.516. The third-order valence-electron chi connectivity index (χ3n) is 1.75. The van der Waals surface area contributed by atoms with E-state index in [1.807, 2.05) is 6.92 Å². The van der Waals surface area contributed by atoms with Crippen molar-refractivity contribution in [1.82, 2.24) is 0 Å². The van der Waals surface area contributed by atoms with Crippen molar-refractivity contribution < 1.29 is 4.92 Å². The lowest BCUT2D eigenvalue weighted by Gasteiger charge is -2.02. The van der Waals surface area contributed by atoms with Crippen LogP contribution in [0.1, 0.15) is 11.1 Å². The highest BCUT2D eigenvalue weighted by Crippen LogP contribution is 2.28. The molecule has 0 aliphatic carbocycles. The maximum absolute atomic E-state index is 10.5. The molecule has 0 amide bonds. The van der Waals surface area contributed by atoms with E-state index in [2.05, 4.69) is 0 Å². The van der Waals surface area contributed by atoms with Gasteiger partial charge in [-0.1, -0.05) is 11.6 Å². The van der Waals surface area contributed by atoms with Crippen LogP contribution in [0.4, 0.5) is 5.69 Å². The van der Waals surface area contributed by atoms with Gasteiger partial charge in [-0.05, 0) is 24.1 Å². The molecule has 0 saturated carbocycles. The zero-order valence-electron chi connectivity index (χ0n) is 6.88. The van der Waals surface area contributed by atoms with Crippen molar-refractivity contribution in [3.05, 3.63) is 38.4 Å². The molecule has 0 aromatic heterocycles. The Labute approximate surface area is 85.4 Å². The summed E-state index contributed by atoms with van der Waals surface area (Å²) in [6.45, 7) is 1.81. The molecule has 13 heavy (non-hydrogen) atoms. The summed E-state index contributed by atoms with van der Waals surface area (Å²) in [6, 6.07) is 2.96. The van der Waals surface area contributed by atoms with Crippen molar-refractivity contribution >= 4 is 28.9 Å². The number of alkyl halides is 1. The molecular weight excluding hydrogens is 213 g/mol. The highest BCUT2D eigenvalue weighted by Gasteiger charge is 2.14. The van der Waals surface area contributed by atoms with Crippen LogP contribution in [0.15, 0.2) is 12.1 Å². The van der Waals surface area contributed by atoms with Crippen molar-refractivity contribution in [1.29, 1.82) is 0 Å². The number of benzene rings is 1. The standard InChI is InChI=1S/C8H7Cl2NO2/c1-5-2-7(10)8(11(12)13)3-6(5)4-9/h2-3H,4H2,1H3. The molecule has 0 fully saturated rings. The van der Waals surface area contributed by atoms with E-state index in [0.717, 1.165) is 11.1 Å². The van der Waals surface area contributed by atoms with Crippen molar-refractivity contribution in [3.8, 4) is 0 Å². The number of hydrogen-bond acceptors (Lipinski definition) is 2. The Hall–Kier alpha value is -0.800. The van der Waals surface area contributed by atoms with E-state index in [1.165, 1.54) is 6.07 Å². The van der Waals surface area contributed by atoms with E-state index in [-0.39, 0.29) is 16.6 Å². The summed E-state index contributed by atoms with van der Waals surface area (Å²) in [5, 5.41) is 10.6. The molecule has 0 bridgehead atoms. The van der Waals surface area contributed by atoms with E-state index in [0.29, 0.717) is 0 Å². The molecule has 3 nitrogen and oxygen atoms in total. The van der Waals surface area contributed by atoms with E-state index in [4.69, 9.17) is 23.2 Å².